The Morgan fingerprint density at radius 2 is 2.00 bits per heavy atom. The number of carbonyl (C=O) groups excluding carboxylic acids is 1. The van der Waals surface area contributed by atoms with Gasteiger partial charge in [-0.3, -0.25) is 4.79 Å². The van der Waals surface area contributed by atoms with E-state index < -0.39 is 33.6 Å². The van der Waals surface area contributed by atoms with Gasteiger partial charge in [-0.05, 0) is 41.1 Å². The van der Waals surface area contributed by atoms with Crippen molar-refractivity contribution in [1.82, 2.24) is 5.32 Å². The molecule has 0 radical (unpaired) electrons. The van der Waals surface area contributed by atoms with Crippen molar-refractivity contribution < 1.29 is 26.4 Å². The van der Waals surface area contributed by atoms with Gasteiger partial charge in [0.05, 0.1) is 16.9 Å². The number of hydrogen-bond donors (Lipinski definition) is 1. The molecule has 10 heteroatoms. The van der Waals surface area contributed by atoms with Crippen molar-refractivity contribution in [2.45, 2.75) is 30.5 Å². The van der Waals surface area contributed by atoms with E-state index in [0.717, 1.165) is 6.07 Å². The monoisotopic (exact) mass is 407 g/mol. The van der Waals surface area contributed by atoms with Crippen molar-refractivity contribution in [2.24, 2.45) is 0 Å². The van der Waals surface area contributed by atoms with Gasteiger partial charge in [-0.2, -0.15) is 13.2 Å². The average Bonchev–Trinajstić information content (AvgIpc) is 2.24. The summed E-state index contributed by atoms with van der Waals surface area (Å²) in [4.78, 5) is 11.6. The molecule has 0 saturated heterocycles. The van der Waals surface area contributed by atoms with Gasteiger partial charge in [-0.25, -0.2) is 8.42 Å². The van der Waals surface area contributed by atoms with Crippen LogP contribution in [0.25, 0.3) is 0 Å². The lowest BCUT2D eigenvalue weighted by atomic mass is 10.1. The third-order valence-electron chi connectivity index (χ3n) is 2.38. The highest BCUT2D eigenvalue weighted by atomic mass is 79.9. The van der Waals surface area contributed by atoms with E-state index in [9.17, 15) is 26.4 Å². The Balaban J connectivity index is 2.98. The molecule has 1 unspecified atom stereocenters. The summed E-state index contributed by atoms with van der Waals surface area (Å²) in [5, 5.41) is 2.15. The molecule has 118 valence electrons. The van der Waals surface area contributed by atoms with Gasteiger partial charge < -0.3 is 5.32 Å². The molecule has 0 spiro atoms. The van der Waals surface area contributed by atoms with Crippen LogP contribution in [0.2, 0.25) is 0 Å². The molecular weight excluding hydrogens is 399 g/mol. The molecule has 0 aliphatic heterocycles. The summed E-state index contributed by atoms with van der Waals surface area (Å²) >= 11 is 3.03. The highest BCUT2D eigenvalue weighted by molar-refractivity contribution is 9.10. The smallest absolute Gasteiger partial charge is 0.349 e. The minimum Gasteiger partial charge on any atom is -0.349 e. The van der Waals surface area contributed by atoms with Crippen LogP contribution in [0.15, 0.2) is 27.6 Å². The first-order valence-corrected chi connectivity index (χ1v) is 8.62. The minimum absolute atomic E-state index is 0.120. The normalized spacial score (nSPS) is 13.8. The van der Waals surface area contributed by atoms with Crippen LogP contribution >= 0.6 is 26.6 Å². The van der Waals surface area contributed by atoms with Gasteiger partial charge in [0.2, 0.25) is 0 Å². The maximum Gasteiger partial charge on any atom is 0.391 e. The standard InChI is InChI=1S/C11H10BrClF3NO3S/c1-6(5-11(14,15)16)17-10(18)8-4-7(21(13,19)20)2-3-9(8)12/h2-4,6H,5H2,1H3,(H,17,18). The number of carbonyl (C=O) groups is 1. The number of alkyl halides is 3. The molecule has 0 saturated carbocycles. The van der Waals surface area contributed by atoms with E-state index in [1.165, 1.54) is 19.1 Å². The van der Waals surface area contributed by atoms with E-state index in [1.807, 2.05) is 0 Å². The topological polar surface area (TPSA) is 63.2 Å². The number of benzene rings is 1. The number of halogens is 5. The Bertz CT molecular complexity index is 649. The van der Waals surface area contributed by atoms with Crippen LogP contribution < -0.4 is 5.32 Å². The van der Waals surface area contributed by atoms with Gasteiger partial charge >= 0.3 is 6.18 Å². The van der Waals surface area contributed by atoms with Crippen molar-refractivity contribution >= 4 is 41.6 Å². The first-order valence-electron chi connectivity index (χ1n) is 5.52. The van der Waals surface area contributed by atoms with E-state index in [2.05, 4.69) is 21.2 Å². The maximum absolute atomic E-state index is 12.2. The van der Waals surface area contributed by atoms with Gasteiger partial charge in [-0.1, -0.05) is 0 Å². The molecule has 0 aromatic heterocycles. The number of nitrogens with one attached hydrogen (secondary N) is 1. The molecule has 21 heavy (non-hydrogen) atoms. The second kappa shape index (κ2) is 6.53. The Hall–Kier alpha value is -0.800. The van der Waals surface area contributed by atoms with E-state index in [1.54, 1.807) is 0 Å². The Labute approximate surface area is 132 Å². The first kappa shape index (κ1) is 18.2. The van der Waals surface area contributed by atoms with Crippen LogP contribution in [0, 0.1) is 0 Å². The van der Waals surface area contributed by atoms with E-state index in [-0.39, 0.29) is 14.9 Å². The van der Waals surface area contributed by atoms with Crippen LogP contribution in [0.3, 0.4) is 0 Å². The number of amides is 1. The van der Waals surface area contributed by atoms with Crippen molar-refractivity contribution in [3.05, 3.63) is 28.2 Å². The van der Waals surface area contributed by atoms with Crippen molar-refractivity contribution in [3.8, 4) is 0 Å². The fraction of sp³-hybridized carbons (Fsp3) is 0.364. The molecule has 0 aliphatic carbocycles. The predicted octanol–water partition coefficient (Wildman–Crippen LogP) is 3.45. The van der Waals surface area contributed by atoms with Gasteiger partial charge in [-0.15, -0.1) is 0 Å². The molecule has 1 amide bonds. The minimum atomic E-state index is -4.41. The quantitative estimate of drug-likeness (QED) is 0.776. The lowest BCUT2D eigenvalue weighted by Crippen LogP contribution is -2.36. The molecule has 0 fully saturated rings. The Morgan fingerprint density at radius 3 is 2.48 bits per heavy atom. The van der Waals surface area contributed by atoms with Gasteiger partial charge in [0.1, 0.15) is 0 Å². The predicted molar refractivity (Wildman–Crippen MR) is 74.8 cm³/mol. The summed E-state index contributed by atoms with van der Waals surface area (Å²) in [6, 6.07) is 2.28. The lowest BCUT2D eigenvalue weighted by Gasteiger charge is -2.16. The van der Waals surface area contributed by atoms with E-state index >= 15 is 0 Å². The molecule has 0 aliphatic rings. The van der Waals surface area contributed by atoms with Gasteiger partial charge in [0, 0.05) is 21.2 Å². The van der Waals surface area contributed by atoms with E-state index in [4.69, 9.17) is 10.7 Å². The summed E-state index contributed by atoms with van der Waals surface area (Å²) < 4.78 is 59.2. The average molecular weight is 409 g/mol. The van der Waals surface area contributed by atoms with Crippen LogP contribution in [0.1, 0.15) is 23.7 Å². The molecule has 1 N–H and O–H groups in total. The molecule has 1 aromatic rings. The summed E-state index contributed by atoms with van der Waals surface area (Å²) in [5.41, 5.74) is -0.120. The Morgan fingerprint density at radius 1 is 1.43 bits per heavy atom. The third kappa shape index (κ3) is 5.84. The summed E-state index contributed by atoms with van der Waals surface area (Å²) in [7, 11) is 1.12. The second-order valence-electron chi connectivity index (χ2n) is 4.27. The number of rotatable bonds is 4. The molecule has 1 aromatic carbocycles. The molecule has 1 atom stereocenters. The zero-order valence-corrected chi connectivity index (χ0v) is 13.7. The van der Waals surface area contributed by atoms with Crippen LogP contribution in [-0.2, 0) is 9.05 Å². The summed E-state index contributed by atoms with van der Waals surface area (Å²) in [5.74, 6) is -0.833. The molecule has 4 nitrogen and oxygen atoms in total. The largest absolute Gasteiger partial charge is 0.391 e. The molecular formula is C11H10BrClF3NO3S. The lowest BCUT2D eigenvalue weighted by molar-refractivity contribution is -0.138. The van der Waals surface area contributed by atoms with Gasteiger partial charge in [0.25, 0.3) is 15.0 Å². The van der Waals surface area contributed by atoms with E-state index in [0.29, 0.717) is 0 Å². The first-order chi connectivity index (χ1) is 9.40. The molecule has 1 rings (SSSR count). The van der Waals surface area contributed by atoms with Gasteiger partial charge in [0.15, 0.2) is 0 Å². The molecule has 0 heterocycles. The van der Waals surface area contributed by atoms with Crippen LogP contribution in [0.5, 0.6) is 0 Å². The molecule has 0 bridgehead atoms. The van der Waals surface area contributed by atoms with Crippen molar-refractivity contribution in [3.63, 3.8) is 0 Å². The third-order valence-corrected chi connectivity index (χ3v) is 4.42. The zero-order valence-electron chi connectivity index (χ0n) is 10.5. The highest BCUT2D eigenvalue weighted by Gasteiger charge is 2.31. The number of hydrogen-bond acceptors (Lipinski definition) is 3. The fourth-order valence-corrected chi connectivity index (χ4v) is 2.73. The van der Waals surface area contributed by atoms with Crippen LogP contribution in [0.4, 0.5) is 13.2 Å². The van der Waals surface area contributed by atoms with Crippen LogP contribution in [-0.4, -0.2) is 26.5 Å². The second-order valence-corrected chi connectivity index (χ2v) is 7.69. The Kier molecular flexibility index (Phi) is 5.68. The van der Waals surface area contributed by atoms with Crippen molar-refractivity contribution in [1.29, 1.82) is 0 Å². The fourth-order valence-electron chi connectivity index (χ4n) is 1.53. The maximum atomic E-state index is 12.2. The van der Waals surface area contributed by atoms with Crippen molar-refractivity contribution in [2.75, 3.05) is 0 Å². The summed E-state index contributed by atoms with van der Waals surface area (Å²) in [6.45, 7) is 1.20. The SMILES string of the molecule is CC(CC(F)(F)F)NC(=O)c1cc(S(=O)(=O)Cl)ccc1Br. The zero-order chi connectivity index (χ0) is 16.4. The highest BCUT2D eigenvalue weighted by Crippen LogP contribution is 2.24. The summed E-state index contributed by atoms with van der Waals surface area (Å²) in [6.07, 6.45) is -5.60.